The van der Waals surface area contributed by atoms with Crippen molar-refractivity contribution in [3.8, 4) is 0 Å². The Hall–Kier alpha value is -2.91. The molecule has 0 spiro atoms. The van der Waals surface area contributed by atoms with Gasteiger partial charge in [-0.3, -0.25) is 9.91 Å². The van der Waals surface area contributed by atoms with Crippen LogP contribution in [-0.2, 0) is 16.1 Å². The van der Waals surface area contributed by atoms with Gasteiger partial charge in [0.25, 0.3) is 0 Å². The lowest BCUT2D eigenvalue weighted by atomic mass is 10.1. The third kappa shape index (κ3) is 1.84. The summed E-state index contributed by atoms with van der Waals surface area (Å²) in [6, 6.07) is 5.50. The highest BCUT2D eigenvalue weighted by Crippen LogP contribution is 2.39. The lowest BCUT2D eigenvalue weighted by Gasteiger charge is -2.28. The van der Waals surface area contributed by atoms with Crippen LogP contribution in [0.4, 0.5) is 16.2 Å². The average Bonchev–Trinajstić information content (AvgIpc) is 3.25. The van der Waals surface area contributed by atoms with Crippen molar-refractivity contribution in [2.24, 2.45) is 0 Å². The van der Waals surface area contributed by atoms with E-state index in [9.17, 15) is 9.90 Å². The molecular formula is C13H13N5O4. The van der Waals surface area contributed by atoms with Gasteiger partial charge >= 0.3 is 6.09 Å². The molecular weight excluding hydrogens is 290 g/mol. The Bertz CT molecular complexity index is 676. The fourth-order valence-electron chi connectivity index (χ4n) is 2.83. The first-order valence-electron chi connectivity index (χ1n) is 6.63. The van der Waals surface area contributed by atoms with Gasteiger partial charge in [0.05, 0.1) is 23.8 Å². The summed E-state index contributed by atoms with van der Waals surface area (Å²) in [6.45, 7) is 0. The summed E-state index contributed by atoms with van der Waals surface area (Å²) in [7, 11) is 0. The summed E-state index contributed by atoms with van der Waals surface area (Å²) in [5, 5.41) is 12.9. The van der Waals surface area contributed by atoms with E-state index in [2.05, 4.69) is 11.2 Å². The largest absolute Gasteiger partial charge is 0.465 e. The Labute approximate surface area is 125 Å². The first-order valence-corrected chi connectivity index (χ1v) is 6.63. The Morgan fingerprint density at radius 2 is 1.95 bits per heavy atom. The Morgan fingerprint density at radius 3 is 2.64 bits per heavy atom. The summed E-state index contributed by atoms with van der Waals surface area (Å²) in [5.41, 5.74) is 7.75. The van der Waals surface area contributed by atoms with E-state index in [0.29, 0.717) is 12.1 Å². The van der Waals surface area contributed by atoms with Gasteiger partial charge in [-0.2, -0.15) is 0 Å². The molecule has 1 atom stereocenters. The Balaban J connectivity index is 1.75. The number of nitrogens with one attached hydrogen (secondary N) is 2. The quantitative estimate of drug-likeness (QED) is 0.746. The third-order valence-corrected chi connectivity index (χ3v) is 3.73. The van der Waals surface area contributed by atoms with Crippen molar-refractivity contribution in [3.05, 3.63) is 48.7 Å². The molecule has 1 aromatic carbocycles. The number of hydrogen-bond acceptors (Lipinski definition) is 7. The van der Waals surface area contributed by atoms with Crippen LogP contribution in [0.2, 0.25) is 0 Å². The van der Waals surface area contributed by atoms with Gasteiger partial charge in [0, 0.05) is 12.0 Å². The minimum atomic E-state index is -1.02. The van der Waals surface area contributed by atoms with Crippen LogP contribution in [0.1, 0.15) is 5.56 Å². The van der Waals surface area contributed by atoms with Gasteiger partial charge in [-0.25, -0.2) is 9.80 Å². The molecule has 1 unspecified atom stereocenters. The van der Waals surface area contributed by atoms with Crippen molar-refractivity contribution in [2.45, 2.75) is 12.6 Å². The highest BCUT2D eigenvalue weighted by atomic mass is 16.7. The summed E-state index contributed by atoms with van der Waals surface area (Å²) in [4.78, 5) is 22.9. The summed E-state index contributed by atoms with van der Waals surface area (Å²) < 4.78 is 0. The van der Waals surface area contributed by atoms with Gasteiger partial charge in [0.1, 0.15) is 18.7 Å². The van der Waals surface area contributed by atoms with Crippen LogP contribution < -0.4 is 21.1 Å². The van der Waals surface area contributed by atoms with E-state index in [1.807, 2.05) is 12.1 Å². The molecule has 114 valence electrons. The maximum atomic E-state index is 11.7. The number of rotatable bonds is 2. The summed E-state index contributed by atoms with van der Waals surface area (Å²) in [6.07, 6.45) is 5.41. The molecule has 0 radical (unpaired) electrons. The number of amides is 1. The minimum Gasteiger partial charge on any atom is -0.465 e. The monoisotopic (exact) mass is 303 g/mol. The van der Waals surface area contributed by atoms with E-state index in [1.54, 1.807) is 28.5 Å². The van der Waals surface area contributed by atoms with E-state index in [-0.39, 0.29) is 0 Å². The molecule has 3 aliphatic rings. The molecule has 1 amide bonds. The Morgan fingerprint density at radius 1 is 1.18 bits per heavy atom. The number of hydrazine groups is 2. The van der Waals surface area contributed by atoms with Crippen LogP contribution in [0.25, 0.3) is 0 Å². The van der Waals surface area contributed by atoms with Gasteiger partial charge in [-0.1, -0.05) is 17.2 Å². The maximum absolute atomic E-state index is 11.7. The average molecular weight is 303 g/mol. The molecule has 0 saturated heterocycles. The first kappa shape index (κ1) is 12.8. The van der Waals surface area contributed by atoms with Crippen molar-refractivity contribution in [2.75, 3.05) is 9.91 Å². The standard InChI is InChI=1S/C13H13N5O4/c19-13(20)18-11-3-1-2-10(16-4-6-21-14-16)9(11)8-12(18)17-5-7-22-15-17/h1-7,12,14-15H,8H2,(H,19,20). The summed E-state index contributed by atoms with van der Waals surface area (Å²) >= 11 is 0. The SMILES string of the molecule is O=C(O)N1c2cccc(N3C=CON3)c2CC1N1C=CON1. The van der Waals surface area contributed by atoms with Gasteiger partial charge in [-0.05, 0) is 12.1 Å². The molecule has 9 heteroatoms. The molecule has 1 aromatic rings. The molecule has 22 heavy (non-hydrogen) atoms. The van der Waals surface area contributed by atoms with E-state index < -0.39 is 12.3 Å². The maximum Gasteiger partial charge on any atom is 0.413 e. The molecule has 0 saturated carbocycles. The molecule has 9 nitrogen and oxygen atoms in total. The first-order chi connectivity index (χ1) is 10.8. The number of nitrogens with zero attached hydrogens (tertiary/aromatic N) is 3. The second kappa shape index (κ2) is 4.83. The molecule has 3 aliphatic heterocycles. The molecule has 0 bridgehead atoms. The van der Waals surface area contributed by atoms with Crippen LogP contribution in [0.5, 0.6) is 0 Å². The topological polar surface area (TPSA) is 89.5 Å². The van der Waals surface area contributed by atoms with Crippen molar-refractivity contribution < 1.29 is 19.6 Å². The second-order valence-electron chi connectivity index (χ2n) is 4.88. The van der Waals surface area contributed by atoms with Crippen LogP contribution in [0.15, 0.2) is 43.1 Å². The number of carboxylic acid groups (broad SMARTS) is 1. The predicted octanol–water partition coefficient (Wildman–Crippen LogP) is 1.00. The molecule has 3 N–H and O–H groups in total. The van der Waals surface area contributed by atoms with Crippen molar-refractivity contribution in [1.82, 2.24) is 16.2 Å². The molecule has 0 aromatic heterocycles. The number of hydrogen-bond donors (Lipinski definition) is 3. The van der Waals surface area contributed by atoms with E-state index >= 15 is 0 Å². The number of fused-ring (bicyclic) bond motifs is 1. The second-order valence-corrected chi connectivity index (χ2v) is 4.88. The molecule has 0 fully saturated rings. The van der Waals surface area contributed by atoms with Crippen LogP contribution in [-0.4, -0.2) is 22.4 Å². The van der Waals surface area contributed by atoms with Gasteiger partial charge in [0.2, 0.25) is 0 Å². The fourth-order valence-corrected chi connectivity index (χ4v) is 2.83. The molecule has 0 aliphatic carbocycles. The van der Waals surface area contributed by atoms with Crippen molar-refractivity contribution in [3.63, 3.8) is 0 Å². The van der Waals surface area contributed by atoms with Gasteiger partial charge in [-0.15, -0.1) is 0 Å². The van der Waals surface area contributed by atoms with Gasteiger partial charge in [0.15, 0.2) is 0 Å². The number of benzene rings is 1. The zero-order chi connectivity index (χ0) is 15.1. The highest BCUT2D eigenvalue weighted by Gasteiger charge is 2.40. The number of anilines is 2. The van der Waals surface area contributed by atoms with Crippen molar-refractivity contribution >= 4 is 17.5 Å². The minimum absolute atomic E-state index is 0.431. The lowest BCUT2D eigenvalue weighted by molar-refractivity contribution is 0.0120. The zero-order valence-electron chi connectivity index (χ0n) is 11.3. The summed E-state index contributed by atoms with van der Waals surface area (Å²) in [5.74, 6) is 0. The zero-order valence-corrected chi connectivity index (χ0v) is 11.3. The lowest BCUT2D eigenvalue weighted by Crippen LogP contribution is -2.50. The van der Waals surface area contributed by atoms with Crippen LogP contribution >= 0.6 is 0 Å². The predicted molar refractivity (Wildman–Crippen MR) is 75.5 cm³/mol. The van der Waals surface area contributed by atoms with Gasteiger partial charge < -0.3 is 14.8 Å². The van der Waals surface area contributed by atoms with Crippen molar-refractivity contribution in [1.29, 1.82) is 0 Å². The van der Waals surface area contributed by atoms with Crippen LogP contribution in [0, 0.1) is 0 Å². The van der Waals surface area contributed by atoms with E-state index in [0.717, 1.165) is 11.3 Å². The van der Waals surface area contributed by atoms with E-state index in [4.69, 9.17) is 9.68 Å². The fraction of sp³-hybridized carbons (Fsp3) is 0.154. The highest BCUT2D eigenvalue weighted by molar-refractivity contribution is 5.91. The van der Waals surface area contributed by atoms with E-state index in [1.165, 1.54) is 17.4 Å². The Kier molecular flexibility index (Phi) is 2.81. The molecule has 4 rings (SSSR count). The number of carbonyl (C=O) groups is 1. The third-order valence-electron chi connectivity index (χ3n) is 3.73. The smallest absolute Gasteiger partial charge is 0.413 e. The van der Waals surface area contributed by atoms with Crippen LogP contribution in [0.3, 0.4) is 0 Å². The normalized spacial score (nSPS) is 22.0. The molecule has 3 heterocycles.